The first-order valence-electron chi connectivity index (χ1n) is 6.58. The van der Waals surface area contributed by atoms with Crippen molar-refractivity contribution in [3.8, 4) is 0 Å². The van der Waals surface area contributed by atoms with Crippen LogP contribution in [-0.4, -0.2) is 36.0 Å². The Hall–Kier alpha value is -1.83. The monoisotopic (exact) mass is 303 g/mol. The highest BCUT2D eigenvalue weighted by Gasteiger charge is 2.38. The first-order valence-corrected chi connectivity index (χ1v) is 6.58. The minimum absolute atomic E-state index is 0.0868. The third-order valence-corrected chi connectivity index (χ3v) is 3.59. The summed E-state index contributed by atoms with van der Waals surface area (Å²) in [5.41, 5.74) is -1.87. The number of rotatable bonds is 3. The number of alkyl halides is 3. The second-order valence-electron chi connectivity index (χ2n) is 5.21. The Balaban J connectivity index is 2.20. The highest BCUT2D eigenvalue weighted by Crippen LogP contribution is 2.37. The summed E-state index contributed by atoms with van der Waals surface area (Å²) >= 11 is 0. The van der Waals surface area contributed by atoms with Gasteiger partial charge < -0.3 is 10.2 Å². The average molecular weight is 303 g/mol. The molecule has 1 N–H and O–H groups in total. The Kier molecular flexibility index (Phi) is 4.36. The van der Waals surface area contributed by atoms with Gasteiger partial charge in [0.15, 0.2) is 0 Å². The Morgan fingerprint density at radius 2 is 1.95 bits per heavy atom. The molecule has 0 atom stereocenters. The average Bonchev–Trinajstić information content (AvgIpc) is 2.40. The molecule has 0 spiro atoms. The number of nitro benzene ring substituents is 1. The molecule has 1 aromatic carbocycles. The van der Waals surface area contributed by atoms with Crippen LogP contribution < -0.4 is 5.32 Å². The standard InChI is InChI=1S/C13H16F3N3O2/c1-18-6-4-9(5-7-18)17-10-2-3-12(19(20)21)11(8-10)13(14,15)16/h2-3,8-9,17H,4-7H2,1H3. The topological polar surface area (TPSA) is 58.4 Å². The van der Waals surface area contributed by atoms with Gasteiger partial charge in [-0.15, -0.1) is 0 Å². The van der Waals surface area contributed by atoms with E-state index in [1.165, 1.54) is 6.07 Å². The predicted octanol–water partition coefficient (Wildman–Crippen LogP) is 3.12. The van der Waals surface area contributed by atoms with Crippen LogP contribution in [0.25, 0.3) is 0 Å². The fraction of sp³-hybridized carbons (Fsp3) is 0.538. The van der Waals surface area contributed by atoms with Crippen molar-refractivity contribution < 1.29 is 18.1 Å². The van der Waals surface area contributed by atoms with Gasteiger partial charge in [-0.1, -0.05) is 0 Å². The third kappa shape index (κ3) is 3.84. The van der Waals surface area contributed by atoms with Crippen LogP contribution in [0.3, 0.4) is 0 Å². The van der Waals surface area contributed by atoms with E-state index in [0.717, 1.165) is 38.1 Å². The zero-order valence-electron chi connectivity index (χ0n) is 11.5. The minimum atomic E-state index is -4.74. The molecule has 1 aliphatic rings. The molecule has 1 fully saturated rings. The number of piperidine rings is 1. The Bertz CT molecular complexity index is 526. The largest absolute Gasteiger partial charge is 0.423 e. The smallest absolute Gasteiger partial charge is 0.382 e. The molecule has 1 aliphatic heterocycles. The Morgan fingerprint density at radius 3 is 2.48 bits per heavy atom. The van der Waals surface area contributed by atoms with E-state index in [1.807, 2.05) is 7.05 Å². The molecule has 1 saturated heterocycles. The van der Waals surface area contributed by atoms with Gasteiger partial charge in [-0.3, -0.25) is 10.1 Å². The lowest BCUT2D eigenvalue weighted by molar-refractivity contribution is -0.388. The van der Waals surface area contributed by atoms with Crippen LogP contribution in [0.2, 0.25) is 0 Å². The highest BCUT2D eigenvalue weighted by molar-refractivity contribution is 5.55. The van der Waals surface area contributed by atoms with Crippen molar-refractivity contribution in [3.05, 3.63) is 33.9 Å². The molecule has 0 saturated carbocycles. The zero-order valence-corrected chi connectivity index (χ0v) is 11.5. The number of nitrogens with one attached hydrogen (secondary N) is 1. The van der Waals surface area contributed by atoms with Crippen LogP contribution in [0.4, 0.5) is 24.5 Å². The predicted molar refractivity (Wildman–Crippen MR) is 72.2 cm³/mol. The number of likely N-dealkylation sites (tertiary alicyclic amines) is 1. The van der Waals surface area contributed by atoms with Crippen molar-refractivity contribution in [2.24, 2.45) is 0 Å². The highest BCUT2D eigenvalue weighted by atomic mass is 19.4. The summed E-state index contributed by atoms with van der Waals surface area (Å²) in [7, 11) is 1.99. The second kappa shape index (κ2) is 5.88. The number of anilines is 1. The molecule has 0 aromatic heterocycles. The fourth-order valence-corrected chi connectivity index (χ4v) is 2.40. The van der Waals surface area contributed by atoms with E-state index < -0.39 is 22.4 Å². The number of hydrogen-bond acceptors (Lipinski definition) is 4. The number of halogens is 3. The van der Waals surface area contributed by atoms with Crippen LogP contribution in [0.15, 0.2) is 18.2 Å². The van der Waals surface area contributed by atoms with Gasteiger partial charge in [0.1, 0.15) is 5.56 Å². The van der Waals surface area contributed by atoms with Gasteiger partial charge in [-0.25, -0.2) is 0 Å². The lowest BCUT2D eigenvalue weighted by atomic mass is 10.0. The summed E-state index contributed by atoms with van der Waals surface area (Å²) in [6, 6.07) is 3.13. The minimum Gasteiger partial charge on any atom is -0.382 e. The van der Waals surface area contributed by atoms with Crippen molar-refractivity contribution in [2.75, 3.05) is 25.5 Å². The van der Waals surface area contributed by atoms with Crippen LogP contribution in [-0.2, 0) is 6.18 Å². The maximum Gasteiger partial charge on any atom is 0.423 e. The summed E-state index contributed by atoms with van der Waals surface area (Å²) in [5.74, 6) is 0. The van der Waals surface area contributed by atoms with Crippen LogP contribution in [0.5, 0.6) is 0 Å². The molecule has 0 aliphatic carbocycles. The summed E-state index contributed by atoms with van der Waals surface area (Å²) in [6.45, 7) is 1.74. The molecular weight excluding hydrogens is 287 g/mol. The van der Waals surface area contributed by atoms with Gasteiger partial charge in [0.25, 0.3) is 5.69 Å². The molecule has 5 nitrogen and oxygen atoms in total. The molecule has 1 aromatic rings. The number of benzene rings is 1. The first-order chi connectivity index (χ1) is 9.77. The maximum atomic E-state index is 12.9. The van der Waals surface area contributed by atoms with Gasteiger partial charge in [-0.2, -0.15) is 13.2 Å². The van der Waals surface area contributed by atoms with E-state index >= 15 is 0 Å². The molecule has 21 heavy (non-hydrogen) atoms. The Labute approximate surface area is 119 Å². The first kappa shape index (κ1) is 15.6. The van der Waals surface area contributed by atoms with E-state index in [2.05, 4.69) is 10.2 Å². The van der Waals surface area contributed by atoms with Crippen LogP contribution in [0, 0.1) is 10.1 Å². The van der Waals surface area contributed by atoms with Gasteiger partial charge in [-0.05, 0) is 45.1 Å². The van der Waals surface area contributed by atoms with Gasteiger partial charge in [0, 0.05) is 17.8 Å². The molecule has 0 amide bonds. The normalized spacial score (nSPS) is 17.7. The molecule has 0 radical (unpaired) electrons. The quantitative estimate of drug-likeness (QED) is 0.688. The molecule has 0 unspecified atom stereocenters. The van der Waals surface area contributed by atoms with Crippen molar-refractivity contribution in [1.82, 2.24) is 4.90 Å². The van der Waals surface area contributed by atoms with Crippen LogP contribution in [0.1, 0.15) is 18.4 Å². The molecule has 2 rings (SSSR count). The van der Waals surface area contributed by atoms with Gasteiger partial charge >= 0.3 is 6.18 Å². The summed E-state index contributed by atoms with van der Waals surface area (Å²) in [5, 5.41) is 13.7. The van der Waals surface area contributed by atoms with Crippen molar-refractivity contribution >= 4 is 11.4 Å². The summed E-state index contributed by atoms with van der Waals surface area (Å²) in [4.78, 5) is 11.8. The van der Waals surface area contributed by atoms with Crippen LogP contribution >= 0.6 is 0 Å². The molecule has 8 heteroatoms. The van der Waals surface area contributed by atoms with E-state index in [-0.39, 0.29) is 11.7 Å². The zero-order chi connectivity index (χ0) is 15.6. The number of nitrogens with zero attached hydrogens (tertiary/aromatic N) is 2. The number of nitro groups is 1. The van der Waals surface area contributed by atoms with Crippen molar-refractivity contribution in [2.45, 2.75) is 25.1 Å². The maximum absolute atomic E-state index is 12.9. The second-order valence-corrected chi connectivity index (χ2v) is 5.21. The lowest BCUT2D eigenvalue weighted by Gasteiger charge is -2.30. The van der Waals surface area contributed by atoms with E-state index in [4.69, 9.17) is 0 Å². The van der Waals surface area contributed by atoms with Crippen molar-refractivity contribution in [3.63, 3.8) is 0 Å². The fourth-order valence-electron chi connectivity index (χ4n) is 2.40. The van der Waals surface area contributed by atoms with Gasteiger partial charge in [0.05, 0.1) is 4.92 Å². The molecule has 116 valence electrons. The lowest BCUT2D eigenvalue weighted by Crippen LogP contribution is -2.36. The van der Waals surface area contributed by atoms with Gasteiger partial charge in [0.2, 0.25) is 0 Å². The van der Waals surface area contributed by atoms with E-state index in [1.54, 1.807) is 0 Å². The third-order valence-electron chi connectivity index (χ3n) is 3.59. The van der Waals surface area contributed by atoms with E-state index in [0.29, 0.717) is 0 Å². The van der Waals surface area contributed by atoms with E-state index in [9.17, 15) is 23.3 Å². The number of hydrogen-bond donors (Lipinski definition) is 1. The Morgan fingerprint density at radius 1 is 1.33 bits per heavy atom. The molecule has 0 bridgehead atoms. The SMILES string of the molecule is CN1CCC(Nc2ccc([N+](=O)[O-])c(C(F)(F)F)c2)CC1. The summed E-state index contributed by atoms with van der Waals surface area (Å²) < 4.78 is 38.6. The molecular formula is C13H16F3N3O2. The summed E-state index contributed by atoms with van der Waals surface area (Å²) in [6.07, 6.45) is -3.09. The molecule has 1 heterocycles. The van der Waals surface area contributed by atoms with Crippen molar-refractivity contribution in [1.29, 1.82) is 0 Å².